The molecule has 0 saturated carbocycles. The molecule has 0 aliphatic heterocycles. The van der Waals surface area contributed by atoms with Crippen LogP contribution in [0.1, 0.15) is 16.1 Å². The number of hydrogen-bond donors (Lipinski definition) is 3. The lowest BCUT2D eigenvalue weighted by Gasteiger charge is -2.13. The van der Waals surface area contributed by atoms with E-state index in [0.717, 1.165) is 6.07 Å². The molecule has 13 heteroatoms. The Morgan fingerprint density at radius 1 is 1.08 bits per heavy atom. The van der Waals surface area contributed by atoms with Crippen LogP contribution < -0.4 is 15.4 Å². The summed E-state index contributed by atoms with van der Waals surface area (Å²) in [4.78, 5) is 23.2. The number of aromatic nitrogens is 4. The summed E-state index contributed by atoms with van der Waals surface area (Å²) in [6.45, 7) is 0. The Labute approximate surface area is 215 Å². The van der Waals surface area contributed by atoms with E-state index < -0.39 is 11.7 Å². The molecule has 5 aromatic rings. The number of nitrogens with zero attached hydrogens (tertiary/aromatic N) is 3. The smallest absolute Gasteiger partial charge is 0.417 e. The number of pyridine rings is 1. The number of ether oxygens (including phenoxy) is 1. The van der Waals surface area contributed by atoms with Crippen molar-refractivity contribution < 1.29 is 27.2 Å². The van der Waals surface area contributed by atoms with Gasteiger partial charge in [0.1, 0.15) is 21.8 Å². The number of H-pyrrole nitrogens is 1. The molecule has 5 rings (SSSR count). The molecule has 0 spiro atoms. The van der Waals surface area contributed by atoms with Crippen molar-refractivity contribution in [1.82, 2.24) is 25.4 Å². The number of fused-ring (bicyclic) bond motifs is 1. The van der Waals surface area contributed by atoms with Crippen LogP contribution in [0.2, 0.25) is 0 Å². The van der Waals surface area contributed by atoms with E-state index in [4.69, 9.17) is 9.26 Å². The van der Waals surface area contributed by atoms with Crippen molar-refractivity contribution in [2.24, 2.45) is 0 Å². The highest BCUT2D eigenvalue weighted by molar-refractivity contribution is 9.10. The Balaban J connectivity index is 1.39. The molecule has 3 heterocycles. The zero-order chi connectivity index (χ0) is 26.2. The van der Waals surface area contributed by atoms with Crippen molar-refractivity contribution in [1.29, 1.82) is 0 Å². The molecule has 3 N–H and O–H groups in total. The average molecular weight is 573 g/mol. The Kier molecular flexibility index (Phi) is 6.29. The summed E-state index contributed by atoms with van der Waals surface area (Å²) in [7, 11) is 1.50. The van der Waals surface area contributed by atoms with Crippen molar-refractivity contribution >= 4 is 44.5 Å². The third-order valence-corrected chi connectivity index (χ3v) is 5.59. The highest BCUT2D eigenvalue weighted by atomic mass is 79.9. The third kappa shape index (κ3) is 5.26. The molecule has 3 aromatic heterocycles. The normalized spacial score (nSPS) is 11.5. The third-order valence-electron chi connectivity index (χ3n) is 5.22. The number of anilines is 2. The number of alkyl halides is 3. The summed E-state index contributed by atoms with van der Waals surface area (Å²) in [6, 6.07) is 13.3. The SMILES string of the molecule is CNC(=O)c1cc(Oc2ccc3[nH]c(Nc4ccc(-c5cc(Br)no5)c(C(F)(F)F)c4)nc3c2)ccn1. The lowest BCUT2D eigenvalue weighted by molar-refractivity contribution is -0.137. The van der Waals surface area contributed by atoms with Crippen LogP contribution >= 0.6 is 15.9 Å². The number of nitrogens with one attached hydrogen (secondary N) is 3. The predicted octanol–water partition coefficient (Wildman–Crippen LogP) is 6.29. The van der Waals surface area contributed by atoms with Gasteiger partial charge in [-0.05, 0) is 52.3 Å². The molecule has 37 heavy (non-hydrogen) atoms. The fraction of sp³-hybridized carbons (Fsp3) is 0.0833. The van der Waals surface area contributed by atoms with Crippen LogP contribution in [-0.4, -0.2) is 33.1 Å². The minimum atomic E-state index is -4.63. The first kappa shape index (κ1) is 24.3. The fourth-order valence-electron chi connectivity index (χ4n) is 3.56. The number of halogens is 4. The summed E-state index contributed by atoms with van der Waals surface area (Å²) < 4.78 is 52.4. The van der Waals surface area contributed by atoms with Gasteiger partial charge < -0.3 is 24.9 Å². The minimum absolute atomic E-state index is 0.0151. The molecule has 0 aliphatic carbocycles. The van der Waals surface area contributed by atoms with Gasteiger partial charge in [0.15, 0.2) is 5.76 Å². The second-order valence-corrected chi connectivity index (χ2v) is 8.53. The lowest BCUT2D eigenvalue weighted by Crippen LogP contribution is -2.18. The predicted molar refractivity (Wildman–Crippen MR) is 132 cm³/mol. The van der Waals surface area contributed by atoms with Crippen LogP contribution in [0.5, 0.6) is 11.5 Å². The van der Waals surface area contributed by atoms with Crippen LogP contribution in [0.4, 0.5) is 24.8 Å². The molecule has 2 aromatic carbocycles. The second kappa shape index (κ2) is 9.58. The number of amides is 1. The Morgan fingerprint density at radius 2 is 1.89 bits per heavy atom. The molecule has 0 radical (unpaired) electrons. The summed E-state index contributed by atoms with van der Waals surface area (Å²) in [6.07, 6.45) is -3.17. The monoisotopic (exact) mass is 572 g/mol. The van der Waals surface area contributed by atoms with Gasteiger partial charge in [-0.1, -0.05) is 5.16 Å². The molecule has 0 saturated heterocycles. The summed E-state index contributed by atoms with van der Waals surface area (Å²) >= 11 is 3.08. The van der Waals surface area contributed by atoms with Crippen LogP contribution in [0.3, 0.4) is 0 Å². The van der Waals surface area contributed by atoms with Crippen molar-refractivity contribution in [3.8, 4) is 22.8 Å². The zero-order valence-electron chi connectivity index (χ0n) is 18.9. The Hall–Kier alpha value is -4.39. The first-order chi connectivity index (χ1) is 17.7. The lowest BCUT2D eigenvalue weighted by atomic mass is 10.0. The molecule has 0 bridgehead atoms. The van der Waals surface area contributed by atoms with Gasteiger partial charge >= 0.3 is 6.18 Å². The van der Waals surface area contributed by atoms with Crippen molar-refractivity contribution in [3.63, 3.8) is 0 Å². The molecule has 188 valence electrons. The largest absolute Gasteiger partial charge is 0.457 e. The minimum Gasteiger partial charge on any atom is -0.457 e. The van der Waals surface area contributed by atoms with Crippen LogP contribution in [0, 0.1) is 0 Å². The second-order valence-electron chi connectivity index (χ2n) is 7.72. The number of rotatable bonds is 6. The maximum atomic E-state index is 13.8. The van der Waals surface area contributed by atoms with Gasteiger partial charge in [-0.25, -0.2) is 4.98 Å². The maximum absolute atomic E-state index is 13.8. The van der Waals surface area contributed by atoms with E-state index in [-0.39, 0.29) is 34.6 Å². The molecule has 0 aliphatic rings. The molecule has 0 atom stereocenters. The van der Waals surface area contributed by atoms with E-state index in [1.54, 1.807) is 24.3 Å². The molecule has 0 unspecified atom stereocenters. The number of aromatic amines is 1. The molecular formula is C24H16BrF3N6O3. The quantitative estimate of drug-likeness (QED) is 0.219. The summed E-state index contributed by atoms with van der Waals surface area (Å²) in [5.41, 5.74) is 0.491. The Bertz CT molecular complexity index is 1620. The van der Waals surface area contributed by atoms with E-state index in [0.29, 0.717) is 27.1 Å². The highest BCUT2D eigenvalue weighted by Crippen LogP contribution is 2.39. The van der Waals surface area contributed by atoms with E-state index in [1.165, 1.54) is 37.5 Å². The van der Waals surface area contributed by atoms with E-state index in [2.05, 4.69) is 46.7 Å². The first-order valence-electron chi connectivity index (χ1n) is 10.7. The van der Waals surface area contributed by atoms with Crippen LogP contribution in [0.25, 0.3) is 22.4 Å². The van der Waals surface area contributed by atoms with Gasteiger partial charge in [0, 0.05) is 42.7 Å². The standard InChI is InChI=1S/C24H16BrF3N6O3/c1-29-22(35)19-10-14(6-7-30-19)36-13-3-5-17-18(9-13)33-23(32-17)31-12-2-4-15(16(8-12)24(26,27)28)20-11-21(25)34-37-20/h2-11H,1H3,(H,29,35)(H2,31,32,33). The molecule has 0 fully saturated rings. The van der Waals surface area contributed by atoms with Gasteiger partial charge in [0.25, 0.3) is 5.91 Å². The van der Waals surface area contributed by atoms with Crippen molar-refractivity contribution in [3.05, 3.63) is 76.7 Å². The number of carbonyl (C=O) groups excluding carboxylic acids is 1. The van der Waals surface area contributed by atoms with Gasteiger partial charge in [-0.3, -0.25) is 9.78 Å². The molecule has 1 amide bonds. The van der Waals surface area contributed by atoms with Gasteiger partial charge in [-0.2, -0.15) is 13.2 Å². The number of imidazole rings is 1. The summed E-state index contributed by atoms with van der Waals surface area (Å²) in [5.74, 6) is 0.723. The van der Waals surface area contributed by atoms with E-state index >= 15 is 0 Å². The number of carbonyl (C=O) groups is 1. The first-order valence-corrected chi connectivity index (χ1v) is 11.5. The maximum Gasteiger partial charge on any atom is 0.417 e. The molecular weight excluding hydrogens is 557 g/mol. The van der Waals surface area contributed by atoms with E-state index in [9.17, 15) is 18.0 Å². The summed E-state index contributed by atoms with van der Waals surface area (Å²) in [5, 5.41) is 8.96. The number of hydrogen-bond acceptors (Lipinski definition) is 7. The van der Waals surface area contributed by atoms with E-state index in [1.807, 2.05) is 0 Å². The van der Waals surface area contributed by atoms with Crippen LogP contribution in [0.15, 0.2) is 69.9 Å². The van der Waals surface area contributed by atoms with Crippen molar-refractivity contribution in [2.75, 3.05) is 12.4 Å². The van der Waals surface area contributed by atoms with Crippen molar-refractivity contribution in [2.45, 2.75) is 6.18 Å². The number of benzene rings is 2. The fourth-order valence-corrected chi connectivity index (χ4v) is 3.84. The Morgan fingerprint density at radius 3 is 2.62 bits per heavy atom. The van der Waals surface area contributed by atoms with Gasteiger partial charge in [-0.15, -0.1) is 0 Å². The molecule has 9 nitrogen and oxygen atoms in total. The highest BCUT2D eigenvalue weighted by Gasteiger charge is 2.35. The van der Waals surface area contributed by atoms with Crippen LogP contribution in [-0.2, 0) is 6.18 Å². The van der Waals surface area contributed by atoms with Gasteiger partial charge in [0.05, 0.1) is 16.6 Å². The topological polar surface area (TPSA) is 118 Å². The zero-order valence-corrected chi connectivity index (χ0v) is 20.4. The van der Waals surface area contributed by atoms with Gasteiger partial charge in [0.2, 0.25) is 5.95 Å². The average Bonchev–Trinajstić information content (AvgIpc) is 3.48.